The van der Waals surface area contributed by atoms with E-state index in [1.54, 1.807) is 0 Å². The van der Waals surface area contributed by atoms with Crippen LogP contribution in [0, 0.1) is 0 Å². The molecule has 2 N–H and O–H groups in total. The second kappa shape index (κ2) is 5.14. The average molecular weight is 280 g/mol. The fraction of sp³-hybridized carbons (Fsp3) is 0.333. The lowest BCUT2D eigenvalue weighted by Gasteiger charge is -2.16. The standard InChI is InChI=1S/C9H7F6N.ClH/c10-8(11,12)6-3-1-5(2-4-6)7(16)9(13,14)15;/h1-4,7H,16H2;1H/t7-;/m0./s1. The zero-order chi connectivity index (χ0) is 12.6. The fourth-order valence-corrected chi connectivity index (χ4v) is 1.07. The van der Waals surface area contributed by atoms with Gasteiger partial charge in [-0.05, 0) is 17.7 Å². The van der Waals surface area contributed by atoms with E-state index in [2.05, 4.69) is 0 Å². The van der Waals surface area contributed by atoms with E-state index in [9.17, 15) is 26.3 Å². The van der Waals surface area contributed by atoms with Gasteiger partial charge in [0, 0.05) is 0 Å². The second-order valence-corrected chi connectivity index (χ2v) is 3.14. The molecule has 0 heterocycles. The van der Waals surface area contributed by atoms with Gasteiger partial charge in [-0.1, -0.05) is 12.1 Å². The number of halogens is 7. The minimum absolute atomic E-state index is 0. The first-order chi connectivity index (χ1) is 7.12. The summed E-state index contributed by atoms with van der Waals surface area (Å²) in [6.07, 6.45) is -9.24. The third-order valence-corrected chi connectivity index (χ3v) is 1.95. The summed E-state index contributed by atoms with van der Waals surface area (Å²) in [5.74, 6) is 0. The van der Waals surface area contributed by atoms with Crippen LogP contribution < -0.4 is 5.73 Å². The zero-order valence-electron chi connectivity index (χ0n) is 8.14. The normalized spacial score (nSPS) is 14.1. The van der Waals surface area contributed by atoms with Crippen LogP contribution in [0.4, 0.5) is 26.3 Å². The maximum absolute atomic E-state index is 12.1. The van der Waals surface area contributed by atoms with Crippen LogP contribution >= 0.6 is 12.4 Å². The molecule has 0 aliphatic heterocycles. The quantitative estimate of drug-likeness (QED) is 0.780. The van der Waals surface area contributed by atoms with Gasteiger partial charge in [-0.3, -0.25) is 0 Å². The van der Waals surface area contributed by atoms with Gasteiger partial charge in [0.05, 0.1) is 5.56 Å². The minimum atomic E-state index is -4.67. The number of alkyl halides is 6. The minimum Gasteiger partial charge on any atom is -0.316 e. The Morgan fingerprint density at radius 2 is 1.29 bits per heavy atom. The molecule has 0 aliphatic carbocycles. The van der Waals surface area contributed by atoms with Crippen molar-refractivity contribution in [2.45, 2.75) is 18.4 Å². The molecule has 1 nitrogen and oxygen atoms in total. The van der Waals surface area contributed by atoms with Gasteiger partial charge in [-0.2, -0.15) is 26.3 Å². The molecule has 0 aromatic heterocycles. The summed E-state index contributed by atoms with van der Waals surface area (Å²) in [7, 11) is 0. The van der Waals surface area contributed by atoms with Crippen molar-refractivity contribution in [3.05, 3.63) is 35.4 Å². The maximum atomic E-state index is 12.1. The second-order valence-electron chi connectivity index (χ2n) is 3.14. The van der Waals surface area contributed by atoms with Crippen molar-refractivity contribution < 1.29 is 26.3 Å². The zero-order valence-corrected chi connectivity index (χ0v) is 8.96. The molecule has 0 amide bonds. The summed E-state index contributed by atoms with van der Waals surface area (Å²) in [6, 6.07) is 0.318. The third kappa shape index (κ3) is 4.08. The Bertz CT molecular complexity index is 355. The van der Waals surface area contributed by atoms with Crippen LogP contribution in [0.15, 0.2) is 24.3 Å². The molecule has 8 heteroatoms. The van der Waals surface area contributed by atoms with Gasteiger partial charge < -0.3 is 5.73 Å². The maximum Gasteiger partial charge on any atom is 0.416 e. The van der Waals surface area contributed by atoms with Gasteiger partial charge >= 0.3 is 12.4 Å². The summed E-state index contributed by atoms with van der Waals surface area (Å²) in [5, 5.41) is 0. The van der Waals surface area contributed by atoms with Crippen LogP contribution in [-0.2, 0) is 6.18 Å². The Hall–Kier alpha value is -0.950. The number of nitrogens with two attached hydrogens (primary N) is 1. The molecule has 17 heavy (non-hydrogen) atoms. The van der Waals surface area contributed by atoms with E-state index in [1.807, 2.05) is 0 Å². The molecule has 0 saturated carbocycles. The van der Waals surface area contributed by atoms with Crippen molar-refractivity contribution in [3.8, 4) is 0 Å². The fourth-order valence-electron chi connectivity index (χ4n) is 1.07. The largest absolute Gasteiger partial charge is 0.416 e. The molecule has 0 unspecified atom stereocenters. The first-order valence-corrected chi connectivity index (χ1v) is 4.12. The van der Waals surface area contributed by atoms with E-state index in [0.717, 1.165) is 12.1 Å². The third-order valence-electron chi connectivity index (χ3n) is 1.95. The van der Waals surface area contributed by atoms with E-state index in [4.69, 9.17) is 5.73 Å². The summed E-state index contributed by atoms with van der Waals surface area (Å²) >= 11 is 0. The van der Waals surface area contributed by atoms with E-state index < -0.39 is 29.5 Å². The van der Waals surface area contributed by atoms with Crippen LogP contribution in [0.2, 0.25) is 0 Å². The number of hydrogen-bond donors (Lipinski definition) is 1. The molecule has 1 atom stereocenters. The summed E-state index contributed by atoms with van der Waals surface area (Å²) < 4.78 is 72.7. The molecule has 0 fully saturated rings. The molecule has 0 saturated heterocycles. The molecule has 1 aromatic rings. The van der Waals surface area contributed by atoms with Gasteiger partial charge in [-0.15, -0.1) is 12.4 Å². The highest BCUT2D eigenvalue weighted by molar-refractivity contribution is 5.85. The Morgan fingerprint density at radius 3 is 1.59 bits per heavy atom. The lowest BCUT2D eigenvalue weighted by atomic mass is 10.1. The predicted molar refractivity (Wildman–Crippen MR) is 51.7 cm³/mol. The molecule has 1 aromatic carbocycles. The van der Waals surface area contributed by atoms with Crippen molar-refractivity contribution in [1.29, 1.82) is 0 Å². The average Bonchev–Trinajstić information content (AvgIpc) is 2.14. The highest BCUT2D eigenvalue weighted by Gasteiger charge is 2.38. The van der Waals surface area contributed by atoms with E-state index in [-0.39, 0.29) is 12.4 Å². The topological polar surface area (TPSA) is 26.0 Å². The van der Waals surface area contributed by atoms with Gasteiger partial charge in [0.15, 0.2) is 0 Å². The van der Waals surface area contributed by atoms with Crippen LogP contribution in [0.25, 0.3) is 0 Å². The van der Waals surface area contributed by atoms with Crippen LogP contribution in [0.5, 0.6) is 0 Å². The first-order valence-electron chi connectivity index (χ1n) is 4.12. The van der Waals surface area contributed by atoms with E-state index >= 15 is 0 Å². The van der Waals surface area contributed by atoms with Crippen molar-refractivity contribution in [2.75, 3.05) is 0 Å². The van der Waals surface area contributed by atoms with Gasteiger partial charge in [0.1, 0.15) is 6.04 Å². The molecule has 0 aliphatic rings. The summed E-state index contributed by atoms with van der Waals surface area (Å²) in [4.78, 5) is 0. The molecular weight excluding hydrogens is 272 g/mol. The Kier molecular flexibility index (Phi) is 4.85. The van der Waals surface area contributed by atoms with Gasteiger partial charge in [0.2, 0.25) is 0 Å². The Labute approximate surface area is 99.0 Å². The van der Waals surface area contributed by atoms with Gasteiger partial charge in [0.25, 0.3) is 0 Å². The summed E-state index contributed by atoms with van der Waals surface area (Å²) in [5.41, 5.74) is 3.41. The molecule has 0 spiro atoms. The van der Waals surface area contributed by atoms with E-state index in [0.29, 0.717) is 12.1 Å². The molecule has 0 radical (unpaired) electrons. The summed E-state index contributed by atoms with van der Waals surface area (Å²) in [6.45, 7) is 0. The highest BCUT2D eigenvalue weighted by Crippen LogP contribution is 2.33. The van der Waals surface area contributed by atoms with Crippen molar-refractivity contribution in [2.24, 2.45) is 5.73 Å². The predicted octanol–water partition coefficient (Wildman–Crippen LogP) is 3.69. The van der Waals surface area contributed by atoms with Gasteiger partial charge in [-0.25, -0.2) is 0 Å². The molecule has 1 rings (SSSR count). The Balaban J connectivity index is 0.00000256. The number of hydrogen-bond acceptors (Lipinski definition) is 1. The van der Waals surface area contributed by atoms with Crippen molar-refractivity contribution in [1.82, 2.24) is 0 Å². The first kappa shape index (κ1) is 16.1. The number of benzene rings is 1. The Morgan fingerprint density at radius 1 is 0.882 bits per heavy atom. The van der Waals surface area contributed by atoms with Crippen molar-refractivity contribution in [3.63, 3.8) is 0 Å². The highest BCUT2D eigenvalue weighted by atomic mass is 35.5. The van der Waals surface area contributed by atoms with Crippen LogP contribution in [0.3, 0.4) is 0 Å². The molecule has 0 bridgehead atoms. The molecular formula is C9H8ClF6N. The lowest BCUT2D eigenvalue weighted by Crippen LogP contribution is -2.28. The SMILES string of the molecule is Cl.N[C@@H](c1ccc(C(F)(F)F)cc1)C(F)(F)F. The van der Waals surface area contributed by atoms with Crippen LogP contribution in [0.1, 0.15) is 17.2 Å². The van der Waals surface area contributed by atoms with Crippen LogP contribution in [-0.4, -0.2) is 6.18 Å². The molecule has 98 valence electrons. The van der Waals surface area contributed by atoms with E-state index in [1.165, 1.54) is 0 Å². The van der Waals surface area contributed by atoms with Crippen molar-refractivity contribution >= 4 is 12.4 Å². The lowest BCUT2D eigenvalue weighted by molar-refractivity contribution is -0.149. The smallest absolute Gasteiger partial charge is 0.316 e. The monoisotopic (exact) mass is 279 g/mol. The number of rotatable bonds is 1.